The van der Waals surface area contributed by atoms with Gasteiger partial charge in [-0.25, -0.2) is 4.98 Å². The standard InChI is InChI=1S/C17H21NOS/c1-6-14-15(11(2)19)20-16(18-14)12-7-9-13(10-8-12)17(3,4)5/h7-10H,6H2,1-5H3. The highest BCUT2D eigenvalue weighted by Crippen LogP contribution is 2.31. The first-order chi connectivity index (χ1) is 9.32. The first kappa shape index (κ1) is 14.9. The van der Waals surface area contributed by atoms with E-state index in [0.717, 1.165) is 27.6 Å². The fourth-order valence-corrected chi connectivity index (χ4v) is 3.16. The SMILES string of the molecule is CCc1nc(-c2ccc(C(C)(C)C)cc2)sc1C(C)=O. The number of hydrogen-bond acceptors (Lipinski definition) is 3. The molecule has 106 valence electrons. The summed E-state index contributed by atoms with van der Waals surface area (Å²) in [5, 5.41) is 0.938. The van der Waals surface area contributed by atoms with Crippen molar-refractivity contribution in [3.05, 3.63) is 40.4 Å². The Balaban J connectivity index is 2.39. The van der Waals surface area contributed by atoms with Crippen LogP contribution in [0, 0.1) is 0 Å². The molecule has 0 aliphatic rings. The molecule has 0 aliphatic heterocycles. The van der Waals surface area contributed by atoms with Crippen LogP contribution in [0.1, 0.15) is 55.5 Å². The van der Waals surface area contributed by atoms with Crippen LogP contribution in [-0.4, -0.2) is 10.8 Å². The molecule has 0 saturated heterocycles. The largest absolute Gasteiger partial charge is 0.294 e. The summed E-state index contributed by atoms with van der Waals surface area (Å²) in [6, 6.07) is 8.50. The zero-order chi connectivity index (χ0) is 14.9. The normalized spacial score (nSPS) is 11.7. The first-order valence-electron chi connectivity index (χ1n) is 6.94. The molecule has 20 heavy (non-hydrogen) atoms. The van der Waals surface area contributed by atoms with Crippen molar-refractivity contribution < 1.29 is 4.79 Å². The van der Waals surface area contributed by atoms with Gasteiger partial charge < -0.3 is 0 Å². The molecule has 2 rings (SSSR count). The van der Waals surface area contributed by atoms with Crippen molar-refractivity contribution >= 4 is 17.1 Å². The maximum Gasteiger partial charge on any atom is 0.171 e. The van der Waals surface area contributed by atoms with E-state index in [-0.39, 0.29) is 11.2 Å². The lowest BCUT2D eigenvalue weighted by molar-refractivity contribution is 0.102. The fourth-order valence-electron chi connectivity index (χ4n) is 2.10. The molecule has 0 aliphatic carbocycles. The van der Waals surface area contributed by atoms with E-state index < -0.39 is 0 Å². The molecule has 0 saturated carbocycles. The number of nitrogens with zero attached hydrogens (tertiary/aromatic N) is 1. The van der Waals surface area contributed by atoms with Crippen LogP contribution in [0.25, 0.3) is 10.6 Å². The van der Waals surface area contributed by atoms with E-state index in [0.29, 0.717) is 0 Å². The Labute approximate surface area is 124 Å². The van der Waals surface area contributed by atoms with Crippen LogP contribution >= 0.6 is 11.3 Å². The number of ketones is 1. The van der Waals surface area contributed by atoms with Gasteiger partial charge in [-0.05, 0) is 17.4 Å². The molecule has 0 spiro atoms. The highest BCUT2D eigenvalue weighted by Gasteiger charge is 2.16. The lowest BCUT2D eigenvalue weighted by atomic mass is 9.87. The van der Waals surface area contributed by atoms with Gasteiger partial charge in [0.2, 0.25) is 0 Å². The van der Waals surface area contributed by atoms with Crippen molar-refractivity contribution in [2.75, 3.05) is 0 Å². The number of aryl methyl sites for hydroxylation is 1. The molecular formula is C17H21NOS. The molecule has 2 aromatic rings. The van der Waals surface area contributed by atoms with Crippen molar-refractivity contribution in [1.82, 2.24) is 4.98 Å². The molecule has 0 radical (unpaired) electrons. The highest BCUT2D eigenvalue weighted by molar-refractivity contribution is 7.17. The predicted molar refractivity (Wildman–Crippen MR) is 85.6 cm³/mol. The number of rotatable bonds is 3. The van der Waals surface area contributed by atoms with Gasteiger partial charge in [-0.3, -0.25) is 4.79 Å². The Morgan fingerprint density at radius 3 is 2.20 bits per heavy atom. The van der Waals surface area contributed by atoms with Gasteiger partial charge in [0.05, 0.1) is 10.6 Å². The lowest BCUT2D eigenvalue weighted by Crippen LogP contribution is -2.10. The minimum Gasteiger partial charge on any atom is -0.294 e. The minimum absolute atomic E-state index is 0.108. The van der Waals surface area contributed by atoms with E-state index in [9.17, 15) is 4.79 Å². The Kier molecular flexibility index (Phi) is 4.09. The second kappa shape index (κ2) is 5.49. The van der Waals surface area contributed by atoms with E-state index >= 15 is 0 Å². The van der Waals surface area contributed by atoms with Gasteiger partial charge in [-0.1, -0.05) is 52.0 Å². The summed E-state index contributed by atoms with van der Waals surface area (Å²) in [6.07, 6.45) is 0.797. The van der Waals surface area contributed by atoms with Crippen LogP contribution in [0.5, 0.6) is 0 Å². The van der Waals surface area contributed by atoms with Crippen molar-refractivity contribution in [2.24, 2.45) is 0 Å². The third kappa shape index (κ3) is 2.98. The monoisotopic (exact) mass is 287 g/mol. The summed E-state index contributed by atoms with van der Waals surface area (Å²) >= 11 is 1.50. The van der Waals surface area contributed by atoms with Crippen LogP contribution in [0.3, 0.4) is 0 Å². The van der Waals surface area contributed by atoms with E-state index in [1.165, 1.54) is 16.9 Å². The second-order valence-electron chi connectivity index (χ2n) is 6.03. The number of hydrogen-bond donors (Lipinski definition) is 0. The molecular weight excluding hydrogens is 266 g/mol. The maximum absolute atomic E-state index is 11.6. The summed E-state index contributed by atoms with van der Waals surface area (Å²) in [5.41, 5.74) is 3.46. The van der Waals surface area contributed by atoms with Gasteiger partial charge in [0.15, 0.2) is 5.78 Å². The molecule has 0 N–H and O–H groups in total. The highest BCUT2D eigenvalue weighted by atomic mass is 32.1. The van der Waals surface area contributed by atoms with E-state index in [2.05, 4.69) is 50.0 Å². The van der Waals surface area contributed by atoms with Gasteiger partial charge in [-0.15, -0.1) is 11.3 Å². The molecule has 0 amide bonds. The van der Waals surface area contributed by atoms with Crippen LogP contribution < -0.4 is 0 Å². The first-order valence-corrected chi connectivity index (χ1v) is 7.76. The third-order valence-corrected chi connectivity index (χ3v) is 4.60. The van der Waals surface area contributed by atoms with Gasteiger partial charge in [0, 0.05) is 12.5 Å². The van der Waals surface area contributed by atoms with Crippen molar-refractivity contribution in [2.45, 2.75) is 46.5 Å². The Morgan fingerprint density at radius 1 is 1.20 bits per heavy atom. The average molecular weight is 287 g/mol. The van der Waals surface area contributed by atoms with Gasteiger partial charge in [0.1, 0.15) is 5.01 Å². The van der Waals surface area contributed by atoms with Gasteiger partial charge in [-0.2, -0.15) is 0 Å². The van der Waals surface area contributed by atoms with Crippen molar-refractivity contribution in [3.8, 4) is 10.6 Å². The molecule has 0 unspecified atom stereocenters. The molecule has 2 nitrogen and oxygen atoms in total. The van der Waals surface area contributed by atoms with E-state index in [1.807, 2.05) is 6.92 Å². The Hall–Kier alpha value is -1.48. The quantitative estimate of drug-likeness (QED) is 0.754. The zero-order valence-electron chi connectivity index (χ0n) is 12.8. The average Bonchev–Trinajstić information content (AvgIpc) is 2.82. The summed E-state index contributed by atoms with van der Waals surface area (Å²) in [7, 11) is 0. The second-order valence-corrected chi connectivity index (χ2v) is 7.03. The van der Waals surface area contributed by atoms with Gasteiger partial charge in [0.25, 0.3) is 0 Å². The summed E-state index contributed by atoms with van der Waals surface area (Å²) in [6.45, 7) is 10.3. The Bertz CT molecular complexity index is 617. The lowest BCUT2D eigenvalue weighted by Gasteiger charge is -2.18. The van der Waals surface area contributed by atoms with Crippen molar-refractivity contribution in [1.29, 1.82) is 0 Å². The summed E-state index contributed by atoms with van der Waals surface area (Å²) < 4.78 is 0. The number of Topliss-reactive ketones (excluding diaryl/α,β-unsaturated/α-hetero) is 1. The zero-order valence-corrected chi connectivity index (χ0v) is 13.6. The molecule has 1 heterocycles. The molecule has 3 heteroatoms. The molecule has 1 aromatic carbocycles. The van der Waals surface area contributed by atoms with E-state index in [4.69, 9.17) is 0 Å². The topological polar surface area (TPSA) is 30.0 Å². The minimum atomic E-state index is 0.108. The maximum atomic E-state index is 11.6. The van der Waals surface area contributed by atoms with E-state index in [1.54, 1.807) is 6.92 Å². The molecule has 0 fully saturated rings. The fraction of sp³-hybridized carbons (Fsp3) is 0.412. The smallest absolute Gasteiger partial charge is 0.171 e. The predicted octanol–water partition coefficient (Wildman–Crippen LogP) is 4.87. The van der Waals surface area contributed by atoms with Crippen LogP contribution in [0.2, 0.25) is 0 Å². The number of aromatic nitrogens is 1. The molecule has 0 atom stereocenters. The summed E-state index contributed by atoms with van der Waals surface area (Å²) in [5.74, 6) is 0.108. The summed E-state index contributed by atoms with van der Waals surface area (Å²) in [4.78, 5) is 17.0. The van der Waals surface area contributed by atoms with Crippen LogP contribution in [-0.2, 0) is 11.8 Å². The Morgan fingerprint density at radius 2 is 1.80 bits per heavy atom. The van der Waals surface area contributed by atoms with Crippen LogP contribution in [0.4, 0.5) is 0 Å². The number of carbonyl (C=O) groups is 1. The molecule has 0 bridgehead atoms. The third-order valence-electron chi connectivity index (χ3n) is 3.35. The number of benzene rings is 1. The molecule has 1 aromatic heterocycles. The van der Waals surface area contributed by atoms with Gasteiger partial charge >= 0.3 is 0 Å². The number of carbonyl (C=O) groups excluding carboxylic acids is 1. The van der Waals surface area contributed by atoms with Crippen LogP contribution in [0.15, 0.2) is 24.3 Å². The van der Waals surface area contributed by atoms with Crippen molar-refractivity contribution in [3.63, 3.8) is 0 Å². The number of thiazole rings is 1.